The first-order valence-corrected chi connectivity index (χ1v) is 6.14. The van der Waals surface area contributed by atoms with Crippen LogP contribution in [0.25, 0.3) is 0 Å². The summed E-state index contributed by atoms with van der Waals surface area (Å²) in [6.45, 7) is 6.22. The second-order valence-electron chi connectivity index (χ2n) is 4.76. The van der Waals surface area contributed by atoms with Gasteiger partial charge in [-0.1, -0.05) is 6.92 Å². The van der Waals surface area contributed by atoms with E-state index in [9.17, 15) is 5.11 Å². The lowest BCUT2D eigenvalue weighted by molar-refractivity contribution is 0.214. The molecule has 0 aromatic carbocycles. The van der Waals surface area contributed by atoms with Gasteiger partial charge >= 0.3 is 6.01 Å². The quantitative estimate of drug-likeness (QED) is 0.474. The molecule has 4 N–H and O–H groups in total. The lowest BCUT2D eigenvalue weighted by atomic mass is 10.1. The molecule has 1 rings (SSSR count). The topological polar surface area (TPSA) is 109 Å². The van der Waals surface area contributed by atoms with Gasteiger partial charge in [-0.15, -0.1) is 0 Å². The maximum atomic E-state index is 9.38. The van der Waals surface area contributed by atoms with Crippen LogP contribution in [0, 0.1) is 0 Å². The van der Waals surface area contributed by atoms with Crippen molar-refractivity contribution in [1.29, 1.82) is 0 Å². The summed E-state index contributed by atoms with van der Waals surface area (Å²) < 4.78 is 5.39. The van der Waals surface area contributed by atoms with Gasteiger partial charge in [0, 0.05) is 7.05 Å². The molecule has 1 aromatic rings. The van der Waals surface area contributed by atoms with E-state index in [0.717, 1.165) is 6.42 Å². The number of nitrogens with two attached hydrogens (primary N) is 1. The number of hydrogen-bond acceptors (Lipinski definition) is 8. The number of hydrogen-bond donors (Lipinski definition) is 3. The number of hydrazine groups is 1. The van der Waals surface area contributed by atoms with Gasteiger partial charge in [0.1, 0.15) is 0 Å². The van der Waals surface area contributed by atoms with Crippen molar-refractivity contribution in [3.05, 3.63) is 0 Å². The van der Waals surface area contributed by atoms with Crippen LogP contribution in [0.4, 0.5) is 11.9 Å². The zero-order valence-electron chi connectivity index (χ0n) is 11.8. The highest BCUT2D eigenvalue weighted by atomic mass is 16.5. The second kappa shape index (κ2) is 6.48. The first-order chi connectivity index (χ1) is 8.94. The van der Waals surface area contributed by atoms with Crippen molar-refractivity contribution in [2.75, 3.05) is 30.6 Å². The van der Waals surface area contributed by atoms with E-state index in [4.69, 9.17) is 10.6 Å². The molecule has 1 aromatic heterocycles. The number of aromatic nitrogens is 3. The normalized spacial score (nSPS) is 11.3. The van der Waals surface area contributed by atoms with Crippen LogP contribution in [0.5, 0.6) is 6.01 Å². The number of ether oxygens (including phenoxy) is 1. The van der Waals surface area contributed by atoms with E-state index >= 15 is 0 Å². The van der Waals surface area contributed by atoms with Gasteiger partial charge in [-0.2, -0.15) is 15.0 Å². The molecule has 0 amide bonds. The number of likely N-dealkylation sites (N-methyl/N-ethyl adjacent to an activating group) is 1. The van der Waals surface area contributed by atoms with Crippen LogP contribution in [-0.4, -0.2) is 45.9 Å². The first-order valence-electron chi connectivity index (χ1n) is 6.14. The fraction of sp³-hybridized carbons (Fsp3) is 0.727. The number of aliphatic hydroxyl groups is 1. The lowest BCUT2D eigenvalue weighted by Crippen LogP contribution is -2.45. The monoisotopic (exact) mass is 270 g/mol. The number of rotatable bonds is 7. The van der Waals surface area contributed by atoms with E-state index in [1.54, 1.807) is 11.9 Å². The van der Waals surface area contributed by atoms with Gasteiger partial charge in [0.2, 0.25) is 11.9 Å². The highest BCUT2D eigenvalue weighted by molar-refractivity contribution is 5.39. The molecular weight excluding hydrogens is 248 g/mol. The molecule has 0 saturated carbocycles. The zero-order chi connectivity index (χ0) is 14.5. The average Bonchev–Trinajstić information content (AvgIpc) is 2.43. The number of aliphatic hydroxyl groups excluding tert-OH is 1. The van der Waals surface area contributed by atoms with Crippen molar-refractivity contribution in [2.24, 2.45) is 5.84 Å². The SMILES string of the molecule is CCCOc1nc(NN)nc(N(C)C(C)(C)CO)n1. The van der Waals surface area contributed by atoms with Crippen molar-refractivity contribution < 1.29 is 9.84 Å². The van der Waals surface area contributed by atoms with Gasteiger partial charge in [0.05, 0.1) is 18.8 Å². The van der Waals surface area contributed by atoms with E-state index in [0.29, 0.717) is 12.6 Å². The molecule has 8 nitrogen and oxygen atoms in total. The van der Waals surface area contributed by atoms with Gasteiger partial charge in [-0.3, -0.25) is 5.43 Å². The van der Waals surface area contributed by atoms with Gasteiger partial charge < -0.3 is 14.7 Å². The molecule has 0 saturated heterocycles. The van der Waals surface area contributed by atoms with Crippen LogP contribution in [-0.2, 0) is 0 Å². The number of nitrogens with zero attached hydrogens (tertiary/aromatic N) is 4. The summed E-state index contributed by atoms with van der Waals surface area (Å²) in [4.78, 5) is 14.1. The summed E-state index contributed by atoms with van der Waals surface area (Å²) in [6.07, 6.45) is 0.852. The predicted molar refractivity (Wildman–Crippen MR) is 73.0 cm³/mol. The highest BCUT2D eigenvalue weighted by Crippen LogP contribution is 2.20. The molecule has 1 heterocycles. The van der Waals surface area contributed by atoms with Gasteiger partial charge in [0.25, 0.3) is 0 Å². The Morgan fingerprint density at radius 3 is 2.58 bits per heavy atom. The van der Waals surface area contributed by atoms with Crippen LogP contribution < -0.4 is 20.9 Å². The van der Waals surface area contributed by atoms with Crippen LogP contribution in [0.15, 0.2) is 0 Å². The molecule has 0 atom stereocenters. The number of nitrogens with one attached hydrogen (secondary N) is 1. The molecule has 0 aliphatic heterocycles. The Morgan fingerprint density at radius 2 is 2.05 bits per heavy atom. The molecule has 0 bridgehead atoms. The minimum absolute atomic E-state index is 0.0360. The number of nitrogen functional groups attached to an aromatic ring is 1. The molecular formula is C11H22N6O2. The third-order valence-electron chi connectivity index (χ3n) is 2.76. The number of anilines is 2. The minimum atomic E-state index is -0.505. The van der Waals surface area contributed by atoms with Crippen molar-refractivity contribution in [1.82, 2.24) is 15.0 Å². The molecule has 0 aliphatic carbocycles. The summed E-state index contributed by atoms with van der Waals surface area (Å²) in [6, 6.07) is 0.209. The molecule has 108 valence electrons. The van der Waals surface area contributed by atoms with Crippen molar-refractivity contribution in [3.8, 4) is 6.01 Å². The Balaban J connectivity index is 3.05. The third kappa shape index (κ3) is 3.90. The minimum Gasteiger partial charge on any atom is -0.463 e. The summed E-state index contributed by atoms with van der Waals surface area (Å²) in [7, 11) is 1.79. The van der Waals surface area contributed by atoms with Gasteiger partial charge in [-0.25, -0.2) is 5.84 Å². The largest absolute Gasteiger partial charge is 0.463 e. The Hall–Kier alpha value is -1.67. The standard InChI is InChI=1S/C11H22N6O2/c1-5-6-19-10-14-8(16-12)13-9(15-10)17(4)11(2,3)7-18/h18H,5-7,12H2,1-4H3,(H,13,14,15,16). The maximum Gasteiger partial charge on any atom is 0.323 e. The predicted octanol–water partition coefficient (Wildman–Crippen LogP) is 0.153. The zero-order valence-corrected chi connectivity index (χ0v) is 11.8. The van der Waals surface area contributed by atoms with Crippen LogP contribution in [0.2, 0.25) is 0 Å². The van der Waals surface area contributed by atoms with E-state index < -0.39 is 5.54 Å². The van der Waals surface area contributed by atoms with E-state index in [1.165, 1.54) is 0 Å². The molecule has 0 unspecified atom stereocenters. The van der Waals surface area contributed by atoms with Crippen LogP contribution in [0.3, 0.4) is 0 Å². The highest BCUT2D eigenvalue weighted by Gasteiger charge is 2.25. The second-order valence-corrected chi connectivity index (χ2v) is 4.76. The smallest absolute Gasteiger partial charge is 0.323 e. The summed E-state index contributed by atoms with van der Waals surface area (Å²) in [5.41, 5.74) is 1.87. The van der Waals surface area contributed by atoms with E-state index in [1.807, 2.05) is 20.8 Å². The maximum absolute atomic E-state index is 9.38. The van der Waals surface area contributed by atoms with Crippen molar-refractivity contribution in [2.45, 2.75) is 32.7 Å². The fourth-order valence-corrected chi connectivity index (χ4v) is 1.20. The Bertz CT molecular complexity index is 412. The summed E-state index contributed by atoms with van der Waals surface area (Å²) >= 11 is 0. The molecule has 0 radical (unpaired) electrons. The third-order valence-corrected chi connectivity index (χ3v) is 2.76. The molecule has 8 heteroatoms. The van der Waals surface area contributed by atoms with Crippen LogP contribution >= 0.6 is 0 Å². The lowest BCUT2D eigenvalue weighted by Gasteiger charge is -2.33. The van der Waals surface area contributed by atoms with Crippen molar-refractivity contribution in [3.63, 3.8) is 0 Å². The van der Waals surface area contributed by atoms with Gasteiger partial charge in [-0.05, 0) is 20.3 Å². The molecule has 0 spiro atoms. The molecule has 19 heavy (non-hydrogen) atoms. The molecule has 0 aliphatic rings. The van der Waals surface area contributed by atoms with E-state index in [2.05, 4.69) is 20.4 Å². The Labute approximate surface area is 113 Å². The summed E-state index contributed by atoms with van der Waals surface area (Å²) in [5, 5.41) is 9.38. The first kappa shape index (κ1) is 15.4. The fourth-order valence-electron chi connectivity index (χ4n) is 1.20. The Morgan fingerprint density at radius 1 is 1.37 bits per heavy atom. The van der Waals surface area contributed by atoms with Crippen molar-refractivity contribution >= 4 is 11.9 Å². The Kier molecular flexibility index (Phi) is 5.25. The average molecular weight is 270 g/mol. The van der Waals surface area contributed by atoms with Gasteiger partial charge in [0.15, 0.2) is 0 Å². The molecule has 0 fully saturated rings. The van der Waals surface area contributed by atoms with E-state index in [-0.39, 0.29) is 18.6 Å². The van der Waals surface area contributed by atoms with Crippen LogP contribution in [0.1, 0.15) is 27.2 Å². The summed E-state index contributed by atoms with van der Waals surface area (Å²) in [5.74, 6) is 5.93.